The molecule has 0 atom stereocenters. The van der Waals surface area contributed by atoms with E-state index >= 15 is 0 Å². The Hall–Kier alpha value is -2.53. The quantitative estimate of drug-likeness (QED) is 0.925. The van der Waals surface area contributed by atoms with Crippen molar-refractivity contribution in [2.24, 2.45) is 0 Å². The van der Waals surface area contributed by atoms with Crippen LogP contribution in [0.4, 0.5) is 9.52 Å². The summed E-state index contributed by atoms with van der Waals surface area (Å²) in [7, 11) is 0. The minimum atomic E-state index is -0.429. The van der Waals surface area contributed by atoms with Crippen molar-refractivity contribution in [2.75, 3.05) is 5.32 Å². The van der Waals surface area contributed by atoms with E-state index in [2.05, 4.69) is 28.5 Å². The van der Waals surface area contributed by atoms with E-state index in [-0.39, 0.29) is 11.5 Å². The first-order chi connectivity index (χ1) is 10.7. The van der Waals surface area contributed by atoms with Gasteiger partial charge in [0.25, 0.3) is 5.91 Å². The minimum Gasteiger partial charge on any atom is -0.298 e. The van der Waals surface area contributed by atoms with Crippen LogP contribution in [0.15, 0.2) is 48.1 Å². The molecule has 22 heavy (non-hydrogen) atoms. The molecule has 0 radical (unpaired) electrons. The molecule has 0 saturated heterocycles. The van der Waals surface area contributed by atoms with E-state index < -0.39 is 5.82 Å². The molecular weight excluding hydrogens is 299 g/mol. The maximum atomic E-state index is 13.2. The van der Waals surface area contributed by atoms with Crippen LogP contribution in [0.2, 0.25) is 0 Å². The van der Waals surface area contributed by atoms with E-state index in [9.17, 15) is 9.18 Å². The molecular formula is C17H11FN2OS. The molecule has 108 valence electrons. The van der Waals surface area contributed by atoms with Gasteiger partial charge in [-0.05, 0) is 41.8 Å². The third-order valence-electron chi connectivity index (χ3n) is 3.62. The minimum absolute atomic E-state index is 0.285. The number of amides is 1. The molecule has 1 heterocycles. The number of nitrogens with zero attached hydrogens (tertiary/aromatic N) is 1. The summed E-state index contributed by atoms with van der Waals surface area (Å²) in [5.74, 6) is -0.779. The monoisotopic (exact) mass is 310 g/mol. The first-order valence-corrected chi connectivity index (χ1v) is 7.68. The molecule has 0 saturated carbocycles. The molecule has 2 aromatic rings. The standard InChI is InChI=1S/C17H11FN2OS/c18-12-6-3-5-11(8-12)16(21)20-17-19-15-13-7-2-1-4-10(13)9-14(15)22-17/h1-6,8-9H,7H2,(H,19,20,21). The largest absolute Gasteiger partial charge is 0.298 e. The Kier molecular flexibility index (Phi) is 3.01. The molecule has 1 amide bonds. The average Bonchev–Trinajstić information content (AvgIpc) is 3.04. The van der Waals surface area contributed by atoms with Crippen molar-refractivity contribution in [3.63, 3.8) is 0 Å². The van der Waals surface area contributed by atoms with Crippen molar-refractivity contribution >= 4 is 34.0 Å². The normalized spacial score (nSPS) is 15.0. The summed E-state index contributed by atoms with van der Waals surface area (Å²) in [5.41, 5.74) is 2.67. The number of fused-ring (bicyclic) bond motifs is 2. The first kappa shape index (κ1) is 13.2. The molecule has 0 bridgehead atoms. The smallest absolute Gasteiger partial charge is 0.257 e. The predicted molar refractivity (Wildman–Crippen MR) is 85.4 cm³/mol. The van der Waals surface area contributed by atoms with E-state index in [1.165, 1.54) is 40.7 Å². The van der Waals surface area contributed by atoms with Crippen LogP contribution in [0.25, 0.3) is 11.6 Å². The second-order valence-electron chi connectivity index (χ2n) is 5.07. The van der Waals surface area contributed by atoms with E-state index in [0.717, 1.165) is 16.3 Å². The van der Waals surface area contributed by atoms with Crippen LogP contribution in [0.1, 0.15) is 16.8 Å². The predicted octanol–water partition coefficient (Wildman–Crippen LogP) is 2.37. The topological polar surface area (TPSA) is 42.0 Å². The summed E-state index contributed by atoms with van der Waals surface area (Å²) in [6.07, 6.45) is 9.14. The number of carbonyl (C=O) groups is 1. The van der Waals surface area contributed by atoms with Gasteiger partial charge in [0.15, 0.2) is 5.13 Å². The summed E-state index contributed by atoms with van der Waals surface area (Å²) in [6.45, 7) is 0. The third kappa shape index (κ3) is 2.19. The number of benzene rings is 1. The lowest BCUT2D eigenvalue weighted by atomic mass is 10.0. The fourth-order valence-electron chi connectivity index (χ4n) is 2.58. The molecule has 1 N–H and O–H groups in total. The second-order valence-corrected chi connectivity index (χ2v) is 6.10. The van der Waals surface area contributed by atoms with Gasteiger partial charge in [0.2, 0.25) is 0 Å². The Labute approximate surface area is 129 Å². The average molecular weight is 310 g/mol. The maximum Gasteiger partial charge on any atom is 0.257 e. The number of rotatable bonds is 2. The summed E-state index contributed by atoms with van der Waals surface area (Å²) in [6, 6.07) is 5.61. The number of nitrogens with one attached hydrogen (secondary N) is 1. The zero-order valence-corrected chi connectivity index (χ0v) is 12.3. The lowest BCUT2D eigenvalue weighted by Gasteiger charge is -2.05. The van der Waals surface area contributed by atoms with Gasteiger partial charge in [-0.3, -0.25) is 10.1 Å². The van der Waals surface area contributed by atoms with Gasteiger partial charge >= 0.3 is 0 Å². The van der Waals surface area contributed by atoms with Crippen LogP contribution >= 0.6 is 11.3 Å². The highest BCUT2D eigenvalue weighted by atomic mass is 32.1. The fourth-order valence-corrected chi connectivity index (χ4v) is 3.52. The summed E-state index contributed by atoms with van der Waals surface area (Å²) >= 11 is 1.43. The van der Waals surface area contributed by atoms with Gasteiger partial charge in [-0.1, -0.05) is 35.6 Å². The summed E-state index contributed by atoms with van der Waals surface area (Å²) < 4.78 is 14.2. The second kappa shape index (κ2) is 5.03. The van der Waals surface area contributed by atoms with Crippen LogP contribution in [0.3, 0.4) is 0 Å². The van der Waals surface area contributed by atoms with Crippen molar-refractivity contribution in [3.8, 4) is 0 Å². The summed E-state index contributed by atoms with van der Waals surface area (Å²) in [4.78, 5) is 16.6. The molecule has 2 aliphatic carbocycles. The Morgan fingerprint density at radius 1 is 1.36 bits per heavy atom. The van der Waals surface area contributed by atoms with Crippen molar-refractivity contribution in [1.82, 2.24) is 4.98 Å². The van der Waals surface area contributed by atoms with E-state index in [4.69, 9.17) is 0 Å². The van der Waals surface area contributed by atoms with Crippen molar-refractivity contribution in [3.05, 3.63) is 69.3 Å². The van der Waals surface area contributed by atoms with Gasteiger partial charge in [0.1, 0.15) is 5.82 Å². The van der Waals surface area contributed by atoms with Crippen LogP contribution in [-0.2, 0) is 0 Å². The van der Waals surface area contributed by atoms with E-state index in [1.54, 1.807) is 6.07 Å². The number of carbonyl (C=O) groups excluding carboxylic acids is 1. The molecule has 0 aliphatic heterocycles. The van der Waals surface area contributed by atoms with Crippen LogP contribution in [0.5, 0.6) is 0 Å². The molecule has 4 rings (SSSR count). The molecule has 2 aliphatic rings. The molecule has 0 spiro atoms. The summed E-state index contributed by atoms with van der Waals surface area (Å²) in [5, 5.41) is 4.22. The van der Waals surface area contributed by atoms with Crippen molar-refractivity contribution in [2.45, 2.75) is 6.42 Å². The third-order valence-corrected chi connectivity index (χ3v) is 4.53. The zero-order chi connectivity index (χ0) is 15.1. The molecule has 3 nitrogen and oxygen atoms in total. The molecule has 1 aromatic carbocycles. The van der Waals surface area contributed by atoms with Gasteiger partial charge < -0.3 is 0 Å². The number of anilines is 1. The molecule has 0 fully saturated rings. The fraction of sp³-hybridized carbons (Fsp3) is 0.0588. The maximum absolute atomic E-state index is 13.2. The Balaban J connectivity index is 1.65. The van der Waals surface area contributed by atoms with E-state index in [1.807, 2.05) is 6.08 Å². The molecule has 1 aromatic heterocycles. The van der Waals surface area contributed by atoms with Crippen molar-refractivity contribution < 1.29 is 9.18 Å². The Bertz CT molecular complexity index is 969. The Morgan fingerprint density at radius 3 is 3.14 bits per heavy atom. The number of thiazole rings is 1. The van der Waals surface area contributed by atoms with Gasteiger partial charge in [-0.15, -0.1) is 0 Å². The number of hydrogen-bond donors (Lipinski definition) is 1. The number of halogens is 1. The van der Waals surface area contributed by atoms with Gasteiger partial charge in [0.05, 0.1) is 9.88 Å². The van der Waals surface area contributed by atoms with Crippen LogP contribution in [0, 0.1) is 5.82 Å². The number of aromatic nitrogens is 1. The van der Waals surface area contributed by atoms with Gasteiger partial charge in [-0.2, -0.15) is 0 Å². The van der Waals surface area contributed by atoms with Gasteiger partial charge in [0, 0.05) is 5.56 Å². The van der Waals surface area contributed by atoms with Crippen LogP contribution < -0.4 is 15.2 Å². The first-order valence-electron chi connectivity index (χ1n) is 6.86. The lowest BCUT2D eigenvalue weighted by Crippen LogP contribution is -2.20. The highest BCUT2D eigenvalue weighted by Gasteiger charge is 2.17. The highest BCUT2D eigenvalue weighted by molar-refractivity contribution is 7.13. The van der Waals surface area contributed by atoms with Gasteiger partial charge in [-0.25, -0.2) is 9.37 Å². The van der Waals surface area contributed by atoms with Crippen molar-refractivity contribution in [1.29, 1.82) is 0 Å². The Morgan fingerprint density at radius 2 is 2.27 bits per heavy atom. The molecule has 5 heteroatoms. The SMILES string of the molecule is O=C(Nc1nc2c(s1)=CC1=CC=CCC=21)c1cccc(F)c1. The van der Waals surface area contributed by atoms with E-state index in [0.29, 0.717) is 5.13 Å². The molecule has 0 unspecified atom stereocenters. The number of hydrogen-bond acceptors (Lipinski definition) is 3. The zero-order valence-electron chi connectivity index (χ0n) is 11.5. The lowest BCUT2D eigenvalue weighted by molar-refractivity contribution is 0.102. The highest BCUT2D eigenvalue weighted by Crippen LogP contribution is 2.24. The number of allylic oxidation sites excluding steroid dienone is 4. The van der Waals surface area contributed by atoms with Crippen LogP contribution in [-0.4, -0.2) is 10.9 Å².